The van der Waals surface area contributed by atoms with Gasteiger partial charge in [-0.15, -0.1) is 0 Å². The van der Waals surface area contributed by atoms with Crippen LogP contribution in [-0.2, 0) is 11.2 Å². The second-order valence-corrected chi connectivity index (χ2v) is 6.39. The van der Waals surface area contributed by atoms with Crippen LogP contribution in [0.5, 0.6) is 0 Å². The van der Waals surface area contributed by atoms with Crippen molar-refractivity contribution in [2.75, 3.05) is 17.3 Å². The molecule has 0 radical (unpaired) electrons. The summed E-state index contributed by atoms with van der Waals surface area (Å²) in [5, 5.41) is 2.93. The number of carbonyl (C=O) groups excluding carboxylic acids is 2. The van der Waals surface area contributed by atoms with E-state index in [9.17, 15) is 9.59 Å². The highest BCUT2D eigenvalue weighted by Gasteiger charge is 2.21. The molecule has 0 atom stereocenters. The highest BCUT2D eigenvalue weighted by molar-refractivity contribution is 14.1. The summed E-state index contributed by atoms with van der Waals surface area (Å²) in [5.74, 6) is 0.00770. The van der Waals surface area contributed by atoms with Crippen molar-refractivity contribution in [1.82, 2.24) is 0 Å². The second-order valence-electron chi connectivity index (χ2n) is 5.23. The van der Waals surface area contributed by atoms with Gasteiger partial charge in [-0.2, -0.15) is 0 Å². The number of nitrogens with zero attached hydrogens (tertiary/aromatic N) is 1. The largest absolute Gasteiger partial charge is 0.322 e. The Bertz CT molecular complexity index is 758. The van der Waals surface area contributed by atoms with Crippen LogP contribution in [0.25, 0.3) is 0 Å². The van der Waals surface area contributed by atoms with Crippen molar-refractivity contribution in [2.45, 2.75) is 12.8 Å². The second kappa shape index (κ2) is 6.08. The molecule has 1 aliphatic heterocycles. The van der Waals surface area contributed by atoms with E-state index in [1.165, 1.54) is 0 Å². The maximum absolute atomic E-state index is 12.3. The third kappa shape index (κ3) is 2.85. The maximum Gasteiger partial charge on any atom is 0.256 e. The van der Waals surface area contributed by atoms with Gasteiger partial charge in [-0.3, -0.25) is 9.59 Å². The molecule has 22 heavy (non-hydrogen) atoms. The predicted octanol–water partition coefficient (Wildman–Crippen LogP) is 3.45. The number of benzene rings is 2. The van der Waals surface area contributed by atoms with Gasteiger partial charge in [0.15, 0.2) is 0 Å². The molecule has 1 aliphatic rings. The molecule has 0 unspecified atom stereocenters. The van der Waals surface area contributed by atoms with Crippen LogP contribution in [0.4, 0.5) is 11.4 Å². The lowest BCUT2D eigenvalue weighted by molar-refractivity contribution is -0.118. The van der Waals surface area contributed by atoms with E-state index in [-0.39, 0.29) is 11.8 Å². The van der Waals surface area contributed by atoms with E-state index in [0.29, 0.717) is 18.4 Å². The number of fused-ring (bicyclic) bond motifs is 1. The topological polar surface area (TPSA) is 49.4 Å². The van der Waals surface area contributed by atoms with Crippen LogP contribution in [0.1, 0.15) is 22.3 Å². The molecule has 0 saturated heterocycles. The van der Waals surface area contributed by atoms with Crippen molar-refractivity contribution in [3.05, 3.63) is 57.2 Å². The number of nitrogens with one attached hydrogen (secondary N) is 1. The molecule has 2 aromatic rings. The van der Waals surface area contributed by atoms with Gasteiger partial charge in [0.1, 0.15) is 0 Å². The van der Waals surface area contributed by atoms with E-state index >= 15 is 0 Å². The van der Waals surface area contributed by atoms with Crippen LogP contribution < -0.4 is 10.2 Å². The lowest BCUT2D eigenvalue weighted by Gasteiger charge is -2.26. The van der Waals surface area contributed by atoms with E-state index < -0.39 is 0 Å². The van der Waals surface area contributed by atoms with Crippen LogP contribution in [0.3, 0.4) is 0 Å². The van der Waals surface area contributed by atoms with Gasteiger partial charge < -0.3 is 10.2 Å². The third-order valence-corrected chi connectivity index (χ3v) is 4.74. The lowest BCUT2D eigenvalue weighted by Crippen LogP contribution is -2.31. The summed E-state index contributed by atoms with van der Waals surface area (Å²) in [7, 11) is 1.78. The van der Waals surface area contributed by atoms with Gasteiger partial charge in [-0.1, -0.05) is 12.1 Å². The fraction of sp³-hybridized carbons (Fsp3) is 0.176. The predicted molar refractivity (Wildman–Crippen MR) is 95.3 cm³/mol. The molecular weight excluding hydrogens is 391 g/mol. The molecule has 1 heterocycles. The standard InChI is InChI=1S/C17H15IN2O2/c1-20-15-8-7-12(10-11(15)6-9-16(20)21)19-17(22)13-4-2-3-5-14(13)18/h2-5,7-8,10H,6,9H2,1H3,(H,19,22). The number of rotatable bonds is 2. The summed E-state index contributed by atoms with van der Waals surface area (Å²) in [6, 6.07) is 13.1. The Balaban J connectivity index is 1.84. The van der Waals surface area contributed by atoms with E-state index in [0.717, 1.165) is 20.5 Å². The number of anilines is 2. The van der Waals surface area contributed by atoms with Crippen LogP contribution >= 0.6 is 22.6 Å². The van der Waals surface area contributed by atoms with Crippen molar-refractivity contribution in [2.24, 2.45) is 0 Å². The molecular formula is C17H15IN2O2. The molecule has 4 nitrogen and oxygen atoms in total. The average Bonchev–Trinajstić information content (AvgIpc) is 2.51. The molecule has 0 aromatic heterocycles. The molecule has 0 spiro atoms. The molecule has 0 bridgehead atoms. The zero-order valence-corrected chi connectivity index (χ0v) is 14.3. The van der Waals surface area contributed by atoms with Crippen molar-refractivity contribution in [3.8, 4) is 0 Å². The van der Waals surface area contributed by atoms with Crippen molar-refractivity contribution in [1.29, 1.82) is 0 Å². The SMILES string of the molecule is CN1C(=O)CCc2cc(NC(=O)c3ccccc3I)ccc21. The van der Waals surface area contributed by atoms with E-state index in [4.69, 9.17) is 0 Å². The third-order valence-electron chi connectivity index (χ3n) is 3.80. The minimum atomic E-state index is -0.120. The van der Waals surface area contributed by atoms with E-state index in [2.05, 4.69) is 27.9 Å². The number of hydrogen-bond donors (Lipinski definition) is 1. The maximum atomic E-state index is 12.3. The lowest BCUT2D eigenvalue weighted by atomic mass is 10.0. The first kappa shape index (κ1) is 15.0. The Morgan fingerprint density at radius 1 is 1.18 bits per heavy atom. The van der Waals surface area contributed by atoms with Gasteiger partial charge in [0.05, 0.1) is 5.56 Å². The van der Waals surface area contributed by atoms with Crippen LogP contribution in [0.15, 0.2) is 42.5 Å². The molecule has 0 fully saturated rings. The van der Waals surface area contributed by atoms with Gasteiger partial charge in [0.2, 0.25) is 5.91 Å². The Kier molecular flexibility index (Phi) is 4.15. The number of carbonyl (C=O) groups is 2. The average molecular weight is 406 g/mol. The summed E-state index contributed by atoms with van der Waals surface area (Å²) in [6.45, 7) is 0. The molecule has 3 rings (SSSR count). The summed E-state index contributed by atoms with van der Waals surface area (Å²) in [5.41, 5.74) is 3.42. The Labute approximate surface area is 142 Å². The molecule has 0 aliphatic carbocycles. The van der Waals surface area contributed by atoms with Gasteiger partial charge in [-0.25, -0.2) is 0 Å². The fourth-order valence-corrected chi connectivity index (χ4v) is 3.21. The first-order valence-electron chi connectivity index (χ1n) is 7.01. The Hall–Kier alpha value is -1.89. The number of halogens is 1. The first-order chi connectivity index (χ1) is 10.6. The van der Waals surface area contributed by atoms with Gasteiger partial charge in [0.25, 0.3) is 5.91 Å². The minimum Gasteiger partial charge on any atom is -0.322 e. The summed E-state index contributed by atoms with van der Waals surface area (Å²) in [4.78, 5) is 25.7. The summed E-state index contributed by atoms with van der Waals surface area (Å²) >= 11 is 2.15. The smallest absolute Gasteiger partial charge is 0.256 e. The summed E-state index contributed by atoms with van der Waals surface area (Å²) in [6.07, 6.45) is 1.22. The Morgan fingerprint density at radius 3 is 2.73 bits per heavy atom. The molecule has 5 heteroatoms. The quantitative estimate of drug-likeness (QED) is 0.777. The Morgan fingerprint density at radius 2 is 1.95 bits per heavy atom. The van der Waals surface area contributed by atoms with Gasteiger partial charge >= 0.3 is 0 Å². The molecule has 2 aromatic carbocycles. The van der Waals surface area contributed by atoms with Crippen molar-refractivity contribution < 1.29 is 9.59 Å². The number of hydrogen-bond acceptors (Lipinski definition) is 2. The number of aryl methyl sites for hydroxylation is 1. The van der Waals surface area contributed by atoms with Crippen LogP contribution in [0.2, 0.25) is 0 Å². The summed E-state index contributed by atoms with van der Waals surface area (Å²) < 4.78 is 0.917. The normalized spacial score (nSPS) is 13.7. The van der Waals surface area contributed by atoms with E-state index in [1.807, 2.05) is 42.5 Å². The molecule has 1 N–H and O–H groups in total. The highest BCUT2D eigenvalue weighted by atomic mass is 127. The van der Waals surface area contributed by atoms with Gasteiger partial charge in [-0.05, 0) is 64.9 Å². The van der Waals surface area contributed by atoms with Crippen LogP contribution in [0, 0.1) is 3.57 Å². The number of amides is 2. The monoisotopic (exact) mass is 406 g/mol. The molecule has 2 amide bonds. The highest BCUT2D eigenvalue weighted by Crippen LogP contribution is 2.29. The van der Waals surface area contributed by atoms with Crippen molar-refractivity contribution >= 4 is 45.8 Å². The first-order valence-corrected chi connectivity index (χ1v) is 8.09. The zero-order chi connectivity index (χ0) is 15.7. The minimum absolute atomic E-state index is 0.120. The van der Waals surface area contributed by atoms with Crippen molar-refractivity contribution in [3.63, 3.8) is 0 Å². The zero-order valence-electron chi connectivity index (χ0n) is 12.1. The fourth-order valence-electron chi connectivity index (χ4n) is 2.58. The van der Waals surface area contributed by atoms with Crippen LogP contribution in [-0.4, -0.2) is 18.9 Å². The van der Waals surface area contributed by atoms with E-state index in [1.54, 1.807) is 11.9 Å². The molecule has 112 valence electrons. The molecule has 0 saturated carbocycles. The van der Waals surface area contributed by atoms with Gasteiger partial charge in [0, 0.05) is 28.4 Å².